The number of carbonyl (C=O) groups is 2. The fraction of sp³-hybridized carbons (Fsp3) is 0.250. The molecule has 1 amide bonds. The Bertz CT molecular complexity index is 887. The maximum atomic E-state index is 12.3. The highest BCUT2D eigenvalue weighted by Gasteiger charge is 2.25. The number of nitrogens with one attached hydrogen (secondary N) is 1. The summed E-state index contributed by atoms with van der Waals surface area (Å²) >= 11 is 1.06. The molecule has 7 nitrogen and oxygen atoms in total. The van der Waals surface area contributed by atoms with Gasteiger partial charge in [0.25, 0.3) is 5.91 Å². The van der Waals surface area contributed by atoms with Crippen LogP contribution in [-0.2, 0) is 16.4 Å². The molecule has 1 aromatic carbocycles. The van der Waals surface area contributed by atoms with Gasteiger partial charge in [0, 0.05) is 20.6 Å². The van der Waals surface area contributed by atoms with Crippen LogP contribution in [0.4, 0.5) is 0 Å². The summed E-state index contributed by atoms with van der Waals surface area (Å²) in [5, 5.41) is 13.2. The second-order valence-electron chi connectivity index (χ2n) is 5.41. The first kappa shape index (κ1) is 19.1. The Labute approximate surface area is 150 Å². The Kier molecular flexibility index (Phi) is 5.93. The van der Waals surface area contributed by atoms with E-state index in [-0.39, 0.29) is 21.9 Å². The number of hydrogen-bond donors (Lipinski definition) is 2. The zero-order chi connectivity index (χ0) is 18.6. The Morgan fingerprint density at radius 2 is 1.96 bits per heavy atom. The molecule has 0 saturated heterocycles. The highest BCUT2D eigenvalue weighted by molar-refractivity contribution is 7.89. The van der Waals surface area contributed by atoms with Gasteiger partial charge < -0.3 is 10.4 Å². The van der Waals surface area contributed by atoms with Gasteiger partial charge >= 0.3 is 5.97 Å². The van der Waals surface area contributed by atoms with Gasteiger partial charge in [-0.15, -0.1) is 11.3 Å². The number of benzene rings is 1. The van der Waals surface area contributed by atoms with Crippen molar-refractivity contribution in [3.05, 3.63) is 51.7 Å². The van der Waals surface area contributed by atoms with Gasteiger partial charge in [0.05, 0.1) is 5.56 Å². The number of sulfonamides is 1. The molecule has 0 spiro atoms. The van der Waals surface area contributed by atoms with Gasteiger partial charge in [-0.25, -0.2) is 17.5 Å². The number of rotatable bonds is 7. The summed E-state index contributed by atoms with van der Waals surface area (Å²) in [4.78, 5) is 23.3. The highest BCUT2D eigenvalue weighted by Crippen LogP contribution is 2.23. The van der Waals surface area contributed by atoms with Crippen molar-refractivity contribution in [3.8, 4) is 0 Å². The lowest BCUT2D eigenvalue weighted by Gasteiger charge is -2.12. The van der Waals surface area contributed by atoms with E-state index in [1.807, 2.05) is 0 Å². The lowest BCUT2D eigenvalue weighted by atomic mass is 10.1. The number of carboxylic acids is 1. The molecule has 0 fully saturated rings. The molecule has 2 N–H and O–H groups in total. The van der Waals surface area contributed by atoms with Crippen LogP contribution in [0.25, 0.3) is 0 Å². The molecular formula is C16H18N2O5S2. The molecule has 0 radical (unpaired) electrons. The van der Waals surface area contributed by atoms with Crippen LogP contribution in [0.5, 0.6) is 0 Å². The SMILES string of the molecule is CN(C)S(=O)(=O)c1ccsc1C(=O)NCCc1cccc(C(=O)O)c1. The van der Waals surface area contributed by atoms with Crippen LogP contribution in [0.1, 0.15) is 25.6 Å². The predicted molar refractivity (Wildman–Crippen MR) is 94.6 cm³/mol. The Morgan fingerprint density at radius 1 is 1.24 bits per heavy atom. The van der Waals surface area contributed by atoms with E-state index in [2.05, 4.69) is 5.32 Å². The lowest BCUT2D eigenvalue weighted by molar-refractivity contribution is 0.0696. The van der Waals surface area contributed by atoms with Crippen molar-refractivity contribution in [1.29, 1.82) is 0 Å². The van der Waals surface area contributed by atoms with Crippen LogP contribution in [0.3, 0.4) is 0 Å². The zero-order valence-electron chi connectivity index (χ0n) is 13.7. The van der Waals surface area contributed by atoms with E-state index in [9.17, 15) is 18.0 Å². The highest BCUT2D eigenvalue weighted by atomic mass is 32.2. The summed E-state index contributed by atoms with van der Waals surface area (Å²) < 4.78 is 25.5. The Balaban J connectivity index is 2.04. The minimum atomic E-state index is -3.68. The van der Waals surface area contributed by atoms with Crippen molar-refractivity contribution in [3.63, 3.8) is 0 Å². The molecule has 2 aromatic rings. The van der Waals surface area contributed by atoms with E-state index < -0.39 is 21.9 Å². The van der Waals surface area contributed by atoms with Gasteiger partial charge in [0.1, 0.15) is 9.77 Å². The monoisotopic (exact) mass is 382 g/mol. The summed E-state index contributed by atoms with van der Waals surface area (Å²) in [6.07, 6.45) is 0.438. The molecule has 25 heavy (non-hydrogen) atoms. The average Bonchev–Trinajstić information content (AvgIpc) is 3.05. The van der Waals surface area contributed by atoms with Crippen molar-refractivity contribution in [2.24, 2.45) is 0 Å². The van der Waals surface area contributed by atoms with E-state index in [1.54, 1.807) is 23.6 Å². The topological polar surface area (TPSA) is 104 Å². The zero-order valence-corrected chi connectivity index (χ0v) is 15.4. The van der Waals surface area contributed by atoms with E-state index >= 15 is 0 Å². The standard InChI is InChI=1S/C16H18N2O5S2/c1-18(2)25(22,23)13-7-9-24-14(13)15(19)17-8-6-11-4-3-5-12(10-11)16(20)21/h3-5,7,9-10H,6,8H2,1-2H3,(H,17,19)(H,20,21). The van der Waals surface area contributed by atoms with Gasteiger partial charge in [-0.3, -0.25) is 4.79 Å². The third-order valence-corrected chi connectivity index (χ3v) is 6.37. The van der Waals surface area contributed by atoms with Crippen LogP contribution in [-0.4, -0.2) is 50.3 Å². The molecule has 0 bridgehead atoms. The van der Waals surface area contributed by atoms with Crippen molar-refractivity contribution in [2.75, 3.05) is 20.6 Å². The molecule has 1 heterocycles. The largest absolute Gasteiger partial charge is 0.478 e. The molecule has 1 aromatic heterocycles. The normalized spacial score (nSPS) is 11.5. The summed E-state index contributed by atoms with van der Waals surface area (Å²) in [5.74, 6) is -1.48. The number of hydrogen-bond acceptors (Lipinski definition) is 5. The summed E-state index contributed by atoms with van der Waals surface area (Å²) in [6, 6.07) is 7.86. The lowest BCUT2D eigenvalue weighted by Crippen LogP contribution is -2.28. The van der Waals surface area contributed by atoms with Crippen molar-refractivity contribution < 1.29 is 23.1 Å². The van der Waals surface area contributed by atoms with Crippen molar-refractivity contribution >= 4 is 33.2 Å². The fourth-order valence-corrected chi connectivity index (χ4v) is 4.33. The predicted octanol–water partition coefficient (Wildman–Crippen LogP) is 1.67. The van der Waals surface area contributed by atoms with E-state index in [0.29, 0.717) is 6.42 Å². The first-order chi connectivity index (χ1) is 11.7. The smallest absolute Gasteiger partial charge is 0.335 e. The number of aromatic carboxylic acids is 1. The maximum absolute atomic E-state index is 12.3. The summed E-state index contributed by atoms with van der Waals surface area (Å²) in [6.45, 7) is 0.265. The molecular weight excluding hydrogens is 364 g/mol. The van der Waals surface area contributed by atoms with Crippen LogP contribution < -0.4 is 5.32 Å². The van der Waals surface area contributed by atoms with Crippen LogP contribution in [0.15, 0.2) is 40.6 Å². The van der Waals surface area contributed by atoms with Crippen LogP contribution >= 0.6 is 11.3 Å². The van der Waals surface area contributed by atoms with Crippen molar-refractivity contribution in [2.45, 2.75) is 11.3 Å². The van der Waals surface area contributed by atoms with Gasteiger partial charge in [0.2, 0.25) is 10.0 Å². The Morgan fingerprint density at radius 3 is 2.60 bits per heavy atom. The molecule has 0 aliphatic heterocycles. The second kappa shape index (κ2) is 7.77. The molecule has 134 valence electrons. The number of nitrogens with zero attached hydrogens (tertiary/aromatic N) is 1. The molecule has 2 rings (SSSR count). The first-order valence-electron chi connectivity index (χ1n) is 7.34. The molecule has 0 saturated carbocycles. The minimum absolute atomic E-state index is 0.0205. The third-order valence-electron chi connectivity index (χ3n) is 3.47. The van der Waals surface area contributed by atoms with Gasteiger partial charge in [-0.05, 0) is 35.6 Å². The van der Waals surface area contributed by atoms with Gasteiger partial charge in [-0.2, -0.15) is 0 Å². The number of carboxylic acid groups (broad SMARTS) is 1. The van der Waals surface area contributed by atoms with E-state index in [0.717, 1.165) is 21.2 Å². The third kappa shape index (κ3) is 4.44. The minimum Gasteiger partial charge on any atom is -0.478 e. The molecule has 0 unspecified atom stereocenters. The number of amides is 1. The average molecular weight is 382 g/mol. The quantitative estimate of drug-likeness (QED) is 0.758. The van der Waals surface area contributed by atoms with Gasteiger partial charge in [0.15, 0.2) is 0 Å². The fourth-order valence-electron chi connectivity index (χ4n) is 2.12. The van der Waals surface area contributed by atoms with Crippen LogP contribution in [0, 0.1) is 0 Å². The van der Waals surface area contributed by atoms with Gasteiger partial charge in [-0.1, -0.05) is 12.1 Å². The summed E-state index contributed by atoms with van der Waals surface area (Å²) in [5.41, 5.74) is 0.953. The second-order valence-corrected chi connectivity index (χ2v) is 8.45. The molecule has 0 atom stereocenters. The van der Waals surface area contributed by atoms with E-state index in [1.165, 1.54) is 26.2 Å². The maximum Gasteiger partial charge on any atom is 0.335 e. The molecule has 0 aliphatic rings. The van der Waals surface area contributed by atoms with Crippen molar-refractivity contribution in [1.82, 2.24) is 9.62 Å². The number of thiophene rings is 1. The molecule has 9 heteroatoms. The first-order valence-corrected chi connectivity index (χ1v) is 9.66. The van der Waals surface area contributed by atoms with E-state index in [4.69, 9.17) is 5.11 Å². The summed E-state index contributed by atoms with van der Waals surface area (Å²) in [7, 11) is -0.870. The Hall–Kier alpha value is -2.23. The van der Waals surface area contributed by atoms with Crippen LogP contribution in [0.2, 0.25) is 0 Å². The number of carbonyl (C=O) groups excluding carboxylic acids is 1. The molecule has 0 aliphatic carbocycles.